The Bertz CT molecular complexity index is 1200. The van der Waals surface area contributed by atoms with Crippen LogP contribution in [0.2, 0.25) is 0 Å². The molecule has 2 rings (SSSR count). The Balaban J connectivity index is 2.48. The standard InChI is InChI=1S/C32H52O10P2/c1-11-12-13-16-24-19-26(41-43(9,35)39-21-37-29(33)31(3,4)5)28(25-17-14-15-23(2)18-25)27(20-24)42-44(10,36)40-22-38-30(34)32(6,7)8/h18-20,25H,11-17,21-22H2,1-10H3. The summed E-state index contributed by atoms with van der Waals surface area (Å²) in [4.78, 5) is 24.4. The van der Waals surface area contributed by atoms with Gasteiger partial charge in [-0.15, -0.1) is 0 Å². The molecule has 3 atom stereocenters. The summed E-state index contributed by atoms with van der Waals surface area (Å²) in [6.07, 6.45) is 8.32. The van der Waals surface area contributed by atoms with Crippen molar-refractivity contribution in [3.63, 3.8) is 0 Å². The van der Waals surface area contributed by atoms with Crippen LogP contribution in [0.25, 0.3) is 0 Å². The number of hydrogen-bond donors (Lipinski definition) is 0. The minimum Gasteiger partial charge on any atom is -0.438 e. The molecular formula is C32H52O10P2. The molecule has 1 aromatic carbocycles. The maximum atomic E-state index is 13.5. The Morgan fingerprint density at radius 2 is 1.32 bits per heavy atom. The van der Waals surface area contributed by atoms with Gasteiger partial charge in [0.05, 0.1) is 24.2 Å². The molecule has 1 aromatic rings. The predicted molar refractivity (Wildman–Crippen MR) is 171 cm³/mol. The lowest BCUT2D eigenvalue weighted by atomic mass is 9.84. The van der Waals surface area contributed by atoms with E-state index in [2.05, 4.69) is 13.0 Å². The normalized spacial score (nSPS) is 18.4. The van der Waals surface area contributed by atoms with Crippen molar-refractivity contribution < 1.29 is 46.3 Å². The Morgan fingerprint density at radius 1 is 0.841 bits per heavy atom. The van der Waals surface area contributed by atoms with Crippen molar-refractivity contribution in [2.45, 2.75) is 106 Å². The Hall–Kier alpha value is -2.12. The molecule has 250 valence electrons. The van der Waals surface area contributed by atoms with E-state index in [4.69, 9.17) is 27.6 Å². The molecule has 0 aromatic heterocycles. The van der Waals surface area contributed by atoms with E-state index in [1.165, 1.54) is 18.9 Å². The van der Waals surface area contributed by atoms with Crippen LogP contribution in [0.4, 0.5) is 0 Å². The van der Waals surface area contributed by atoms with Crippen LogP contribution in [-0.4, -0.2) is 38.9 Å². The number of rotatable bonds is 15. The lowest BCUT2D eigenvalue weighted by Crippen LogP contribution is -2.24. The quantitative estimate of drug-likeness (QED) is 0.0592. The van der Waals surface area contributed by atoms with Crippen molar-refractivity contribution in [3.05, 3.63) is 34.9 Å². The molecule has 44 heavy (non-hydrogen) atoms. The fourth-order valence-corrected chi connectivity index (χ4v) is 6.04. The topological polar surface area (TPSA) is 124 Å². The fourth-order valence-electron chi connectivity index (χ4n) is 4.43. The van der Waals surface area contributed by atoms with Crippen molar-refractivity contribution in [2.24, 2.45) is 10.8 Å². The summed E-state index contributed by atoms with van der Waals surface area (Å²) in [5.74, 6) is -0.631. The number of esters is 2. The third-order valence-electron chi connectivity index (χ3n) is 6.88. The molecule has 10 nitrogen and oxygen atoms in total. The average Bonchev–Trinajstić information content (AvgIpc) is 2.86. The molecule has 0 fully saturated rings. The highest BCUT2D eigenvalue weighted by Crippen LogP contribution is 2.54. The van der Waals surface area contributed by atoms with Gasteiger partial charge in [0.25, 0.3) is 0 Å². The van der Waals surface area contributed by atoms with Gasteiger partial charge in [-0.3, -0.25) is 18.6 Å². The highest BCUT2D eigenvalue weighted by atomic mass is 31.2. The number of unbranched alkanes of at least 4 members (excludes halogenated alkanes) is 2. The molecule has 0 heterocycles. The second kappa shape index (κ2) is 15.9. The van der Waals surface area contributed by atoms with E-state index in [0.717, 1.165) is 44.1 Å². The summed E-state index contributed by atoms with van der Waals surface area (Å²) >= 11 is 0. The Kier molecular flexibility index (Phi) is 13.8. The predicted octanol–water partition coefficient (Wildman–Crippen LogP) is 9.16. The van der Waals surface area contributed by atoms with Crippen molar-refractivity contribution in [2.75, 3.05) is 26.9 Å². The zero-order valence-corrected chi connectivity index (χ0v) is 29.9. The van der Waals surface area contributed by atoms with E-state index in [1.807, 2.05) is 19.1 Å². The van der Waals surface area contributed by atoms with Gasteiger partial charge in [-0.25, -0.2) is 9.13 Å². The molecule has 0 radical (unpaired) electrons. The number of carbonyl (C=O) groups is 2. The zero-order chi connectivity index (χ0) is 33.3. The molecule has 12 heteroatoms. The van der Waals surface area contributed by atoms with Crippen LogP contribution >= 0.6 is 15.2 Å². The molecule has 0 N–H and O–H groups in total. The molecule has 0 bridgehead atoms. The first-order valence-corrected chi connectivity index (χ1v) is 19.2. The summed E-state index contributed by atoms with van der Waals surface area (Å²) in [6.45, 7) is 16.0. The van der Waals surface area contributed by atoms with Gasteiger partial charge in [-0.05, 0) is 98.3 Å². The minimum absolute atomic E-state index is 0.184. The maximum Gasteiger partial charge on any atom is 0.379 e. The number of ether oxygens (including phenoxy) is 2. The van der Waals surface area contributed by atoms with Crippen molar-refractivity contribution in [1.82, 2.24) is 0 Å². The van der Waals surface area contributed by atoms with Gasteiger partial charge in [0.1, 0.15) is 11.5 Å². The maximum absolute atomic E-state index is 13.5. The first-order chi connectivity index (χ1) is 20.2. The summed E-state index contributed by atoms with van der Waals surface area (Å²) in [6, 6.07) is 3.64. The number of benzene rings is 1. The van der Waals surface area contributed by atoms with Gasteiger partial charge in [0, 0.05) is 11.5 Å². The molecule has 1 aliphatic rings. The van der Waals surface area contributed by atoms with E-state index >= 15 is 0 Å². The number of allylic oxidation sites excluding steroid dienone is 2. The van der Waals surface area contributed by atoms with Gasteiger partial charge in [0.2, 0.25) is 13.6 Å². The van der Waals surface area contributed by atoms with Gasteiger partial charge in [-0.2, -0.15) is 0 Å². The lowest BCUT2D eigenvalue weighted by molar-refractivity contribution is -0.160. The van der Waals surface area contributed by atoms with E-state index < -0.39 is 51.5 Å². The fraction of sp³-hybridized carbons (Fsp3) is 0.688. The van der Waals surface area contributed by atoms with Gasteiger partial charge in [-0.1, -0.05) is 31.4 Å². The number of carbonyl (C=O) groups excluding carboxylic acids is 2. The largest absolute Gasteiger partial charge is 0.438 e. The van der Waals surface area contributed by atoms with Crippen molar-refractivity contribution in [3.8, 4) is 11.5 Å². The second-order valence-electron chi connectivity index (χ2n) is 13.6. The zero-order valence-electron chi connectivity index (χ0n) is 28.2. The van der Waals surface area contributed by atoms with Crippen molar-refractivity contribution in [1.29, 1.82) is 0 Å². The van der Waals surface area contributed by atoms with E-state index in [9.17, 15) is 18.7 Å². The molecule has 0 saturated heterocycles. The van der Waals surface area contributed by atoms with Gasteiger partial charge >= 0.3 is 27.1 Å². The first kappa shape index (κ1) is 38.1. The molecule has 0 aliphatic heterocycles. The Labute approximate surface area is 263 Å². The monoisotopic (exact) mass is 658 g/mol. The number of hydrogen-bond acceptors (Lipinski definition) is 10. The molecular weight excluding hydrogens is 606 g/mol. The van der Waals surface area contributed by atoms with Crippen molar-refractivity contribution >= 4 is 27.1 Å². The second-order valence-corrected chi connectivity index (χ2v) is 17.5. The number of aryl methyl sites for hydroxylation is 1. The smallest absolute Gasteiger partial charge is 0.379 e. The van der Waals surface area contributed by atoms with E-state index in [-0.39, 0.29) is 17.4 Å². The van der Waals surface area contributed by atoms with Crippen LogP contribution in [0.15, 0.2) is 23.8 Å². The Morgan fingerprint density at radius 3 is 1.73 bits per heavy atom. The van der Waals surface area contributed by atoms with E-state index in [1.54, 1.807) is 41.5 Å². The molecule has 1 aliphatic carbocycles. The van der Waals surface area contributed by atoms with Crippen LogP contribution in [0, 0.1) is 10.8 Å². The summed E-state index contributed by atoms with van der Waals surface area (Å²) < 4.78 is 60.5. The summed E-state index contributed by atoms with van der Waals surface area (Å²) in [5, 5.41) is 0. The van der Waals surface area contributed by atoms with Crippen LogP contribution < -0.4 is 9.05 Å². The van der Waals surface area contributed by atoms with Gasteiger partial charge < -0.3 is 18.5 Å². The van der Waals surface area contributed by atoms with Crippen LogP contribution in [-0.2, 0) is 43.7 Å². The van der Waals surface area contributed by atoms with Crippen LogP contribution in [0.5, 0.6) is 11.5 Å². The average molecular weight is 659 g/mol. The minimum atomic E-state index is -3.79. The SMILES string of the molecule is CCCCCc1cc(OP(C)(=O)OCOC(=O)C(C)(C)C)c(C2C=C(C)CCC2)c(OP(C)(=O)OCOC(=O)C(C)(C)C)c1. The molecule has 0 spiro atoms. The first-order valence-electron chi connectivity index (χ1n) is 15.3. The summed E-state index contributed by atoms with van der Waals surface area (Å²) in [7, 11) is -7.59. The van der Waals surface area contributed by atoms with E-state index in [0.29, 0.717) is 12.0 Å². The van der Waals surface area contributed by atoms with Crippen LogP contribution in [0.1, 0.15) is 111 Å². The highest BCUT2D eigenvalue weighted by molar-refractivity contribution is 7.53. The molecule has 3 unspecified atom stereocenters. The highest BCUT2D eigenvalue weighted by Gasteiger charge is 2.32. The third kappa shape index (κ3) is 12.7. The molecule has 0 saturated carbocycles. The van der Waals surface area contributed by atoms with Crippen LogP contribution in [0.3, 0.4) is 0 Å². The molecule has 0 amide bonds. The van der Waals surface area contributed by atoms with Gasteiger partial charge in [0.15, 0.2) is 0 Å². The lowest BCUT2D eigenvalue weighted by Gasteiger charge is -2.28. The summed E-state index contributed by atoms with van der Waals surface area (Å²) in [5.41, 5.74) is 1.08. The third-order valence-corrected chi connectivity index (χ3v) is 9.09.